The van der Waals surface area contributed by atoms with Crippen LogP contribution in [0.5, 0.6) is 0 Å². The first-order valence-electron chi connectivity index (χ1n) is 6.06. The van der Waals surface area contributed by atoms with Crippen molar-refractivity contribution < 1.29 is 4.79 Å². The molecule has 2 heterocycles. The number of likely N-dealkylation sites (tertiary alicyclic amines) is 1. The maximum atomic E-state index is 12.0. The standard InChI is InChI=1S/C12H17ClN4O/c13-10-1-4-15-11(7-10)16-12(18)17-5-2-9(8-14)3-6-17/h1,4,7,9H,2-3,5-6,8,14H2,(H,15,16,18). The van der Waals surface area contributed by atoms with Crippen molar-refractivity contribution in [1.29, 1.82) is 0 Å². The number of halogens is 1. The Balaban J connectivity index is 1.89. The summed E-state index contributed by atoms with van der Waals surface area (Å²) < 4.78 is 0. The Morgan fingerprint density at radius 3 is 2.89 bits per heavy atom. The van der Waals surface area contributed by atoms with Gasteiger partial charge in [-0.1, -0.05) is 11.6 Å². The molecule has 5 nitrogen and oxygen atoms in total. The second-order valence-electron chi connectivity index (χ2n) is 4.46. The fourth-order valence-electron chi connectivity index (χ4n) is 2.03. The quantitative estimate of drug-likeness (QED) is 0.861. The van der Waals surface area contributed by atoms with Crippen molar-refractivity contribution in [2.45, 2.75) is 12.8 Å². The van der Waals surface area contributed by atoms with Crippen LogP contribution in [0.3, 0.4) is 0 Å². The van der Waals surface area contributed by atoms with E-state index in [1.165, 1.54) is 0 Å². The molecule has 1 aromatic rings. The van der Waals surface area contributed by atoms with Crippen LogP contribution in [0.1, 0.15) is 12.8 Å². The van der Waals surface area contributed by atoms with E-state index in [-0.39, 0.29) is 6.03 Å². The highest BCUT2D eigenvalue weighted by atomic mass is 35.5. The van der Waals surface area contributed by atoms with Gasteiger partial charge in [-0.05, 0) is 37.4 Å². The maximum absolute atomic E-state index is 12.0. The number of nitrogens with zero attached hydrogens (tertiary/aromatic N) is 2. The topological polar surface area (TPSA) is 71.2 Å². The van der Waals surface area contributed by atoms with E-state index in [2.05, 4.69) is 10.3 Å². The van der Waals surface area contributed by atoms with Gasteiger partial charge >= 0.3 is 6.03 Å². The predicted octanol–water partition coefficient (Wildman–Crippen LogP) is 1.94. The number of carbonyl (C=O) groups excluding carboxylic acids is 1. The van der Waals surface area contributed by atoms with Gasteiger partial charge in [-0.15, -0.1) is 0 Å². The van der Waals surface area contributed by atoms with Gasteiger partial charge in [0.05, 0.1) is 0 Å². The third kappa shape index (κ3) is 3.34. The number of pyridine rings is 1. The monoisotopic (exact) mass is 268 g/mol. The van der Waals surface area contributed by atoms with E-state index >= 15 is 0 Å². The molecule has 6 heteroatoms. The molecule has 0 bridgehead atoms. The largest absolute Gasteiger partial charge is 0.330 e. The summed E-state index contributed by atoms with van der Waals surface area (Å²) in [6, 6.07) is 3.18. The average Bonchev–Trinajstić information content (AvgIpc) is 2.39. The normalized spacial score (nSPS) is 16.7. The Morgan fingerprint density at radius 2 is 2.28 bits per heavy atom. The van der Waals surface area contributed by atoms with Crippen LogP contribution in [0.15, 0.2) is 18.3 Å². The molecule has 1 fully saturated rings. The fourth-order valence-corrected chi connectivity index (χ4v) is 2.19. The highest BCUT2D eigenvalue weighted by Gasteiger charge is 2.21. The van der Waals surface area contributed by atoms with E-state index in [4.69, 9.17) is 17.3 Å². The zero-order valence-electron chi connectivity index (χ0n) is 10.1. The molecule has 0 radical (unpaired) electrons. The number of nitrogens with two attached hydrogens (primary N) is 1. The van der Waals surface area contributed by atoms with Crippen LogP contribution < -0.4 is 11.1 Å². The Morgan fingerprint density at radius 1 is 1.56 bits per heavy atom. The van der Waals surface area contributed by atoms with E-state index in [9.17, 15) is 4.79 Å². The van der Waals surface area contributed by atoms with Gasteiger partial charge in [0.2, 0.25) is 0 Å². The molecule has 0 atom stereocenters. The Bertz CT molecular complexity index is 418. The van der Waals surface area contributed by atoms with Crippen LogP contribution in [-0.2, 0) is 0 Å². The number of hydrogen-bond donors (Lipinski definition) is 2. The van der Waals surface area contributed by atoms with Crippen molar-refractivity contribution in [1.82, 2.24) is 9.88 Å². The van der Waals surface area contributed by atoms with E-state index in [1.807, 2.05) is 0 Å². The minimum Gasteiger partial charge on any atom is -0.330 e. The van der Waals surface area contributed by atoms with Crippen molar-refractivity contribution >= 4 is 23.4 Å². The third-order valence-corrected chi connectivity index (χ3v) is 3.43. The van der Waals surface area contributed by atoms with Gasteiger partial charge in [0, 0.05) is 24.3 Å². The van der Waals surface area contributed by atoms with Gasteiger partial charge in [-0.3, -0.25) is 5.32 Å². The average molecular weight is 269 g/mol. The number of anilines is 1. The SMILES string of the molecule is NCC1CCN(C(=O)Nc2cc(Cl)ccn2)CC1. The van der Waals surface area contributed by atoms with Crippen molar-refractivity contribution in [2.75, 3.05) is 25.0 Å². The molecular formula is C12H17ClN4O. The maximum Gasteiger partial charge on any atom is 0.323 e. The number of nitrogens with one attached hydrogen (secondary N) is 1. The number of amides is 2. The summed E-state index contributed by atoms with van der Waals surface area (Å²) in [7, 11) is 0. The first-order valence-corrected chi connectivity index (χ1v) is 6.44. The molecule has 0 saturated carbocycles. The van der Waals surface area contributed by atoms with Crippen LogP contribution in [0.4, 0.5) is 10.6 Å². The number of carbonyl (C=O) groups is 1. The second kappa shape index (κ2) is 6.02. The molecule has 0 aromatic carbocycles. The summed E-state index contributed by atoms with van der Waals surface area (Å²) in [5, 5.41) is 3.30. The van der Waals surface area contributed by atoms with Gasteiger partial charge in [-0.2, -0.15) is 0 Å². The smallest absolute Gasteiger partial charge is 0.323 e. The van der Waals surface area contributed by atoms with Gasteiger partial charge in [0.25, 0.3) is 0 Å². The molecule has 1 aliphatic rings. The van der Waals surface area contributed by atoms with Crippen molar-refractivity contribution in [3.05, 3.63) is 23.4 Å². The molecule has 1 saturated heterocycles. The summed E-state index contributed by atoms with van der Waals surface area (Å²) in [6.45, 7) is 2.19. The zero-order chi connectivity index (χ0) is 13.0. The predicted molar refractivity (Wildman–Crippen MR) is 71.6 cm³/mol. The Labute approximate surface area is 111 Å². The fraction of sp³-hybridized carbons (Fsp3) is 0.500. The van der Waals surface area contributed by atoms with Crippen molar-refractivity contribution in [2.24, 2.45) is 11.7 Å². The highest BCUT2D eigenvalue weighted by molar-refractivity contribution is 6.30. The lowest BCUT2D eigenvalue weighted by Gasteiger charge is -2.31. The van der Waals surface area contributed by atoms with Crippen LogP contribution in [0.2, 0.25) is 5.02 Å². The highest BCUT2D eigenvalue weighted by Crippen LogP contribution is 2.17. The van der Waals surface area contributed by atoms with Crippen LogP contribution >= 0.6 is 11.6 Å². The molecule has 0 aliphatic carbocycles. The lowest BCUT2D eigenvalue weighted by Crippen LogP contribution is -2.42. The van der Waals surface area contributed by atoms with E-state index in [0.29, 0.717) is 23.3 Å². The Hall–Kier alpha value is -1.33. The number of rotatable bonds is 2. The first-order chi connectivity index (χ1) is 8.69. The molecule has 1 aliphatic heterocycles. The van der Waals surface area contributed by atoms with E-state index in [1.54, 1.807) is 23.2 Å². The molecule has 3 N–H and O–H groups in total. The summed E-state index contributed by atoms with van der Waals surface area (Å²) in [5.41, 5.74) is 5.62. The third-order valence-electron chi connectivity index (χ3n) is 3.19. The van der Waals surface area contributed by atoms with Gasteiger partial charge in [-0.25, -0.2) is 9.78 Å². The molecular weight excluding hydrogens is 252 g/mol. The molecule has 2 rings (SSSR count). The van der Waals surface area contributed by atoms with Crippen LogP contribution in [0, 0.1) is 5.92 Å². The first kappa shape index (κ1) is 13.1. The number of hydrogen-bond acceptors (Lipinski definition) is 3. The zero-order valence-corrected chi connectivity index (χ0v) is 10.9. The summed E-state index contributed by atoms with van der Waals surface area (Å²) in [5.74, 6) is 1.02. The molecule has 0 spiro atoms. The number of piperidine rings is 1. The minimum absolute atomic E-state index is 0.125. The molecule has 18 heavy (non-hydrogen) atoms. The van der Waals surface area contributed by atoms with Crippen molar-refractivity contribution in [3.63, 3.8) is 0 Å². The van der Waals surface area contributed by atoms with Crippen molar-refractivity contribution in [3.8, 4) is 0 Å². The van der Waals surface area contributed by atoms with E-state index in [0.717, 1.165) is 25.9 Å². The Kier molecular flexibility index (Phi) is 4.38. The van der Waals surface area contributed by atoms with Gasteiger partial charge in [0.15, 0.2) is 0 Å². The van der Waals surface area contributed by atoms with E-state index < -0.39 is 0 Å². The van der Waals surface area contributed by atoms with Crippen LogP contribution in [0.25, 0.3) is 0 Å². The molecule has 1 aromatic heterocycles. The summed E-state index contributed by atoms with van der Waals surface area (Å²) >= 11 is 5.83. The molecule has 98 valence electrons. The van der Waals surface area contributed by atoms with Gasteiger partial charge < -0.3 is 10.6 Å². The van der Waals surface area contributed by atoms with Crippen LogP contribution in [-0.4, -0.2) is 35.5 Å². The molecule has 2 amide bonds. The number of urea groups is 1. The lowest BCUT2D eigenvalue weighted by molar-refractivity contribution is 0.184. The summed E-state index contributed by atoms with van der Waals surface area (Å²) in [4.78, 5) is 17.8. The second-order valence-corrected chi connectivity index (χ2v) is 4.89. The number of aromatic nitrogens is 1. The summed E-state index contributed by atoms with van der Waals surface area (Å²) in [6.07, 6.45) is 3.50. The molecule has 0 unspecified atom stereocenters. The minimum atomic E-state index is -0.125. The van der Waals surface area contributed by atoms with Gasteiger partial charge in [0.1, 0.15) is 5.82 Å². The lowest BCUT2D eigenvalue weighted by atomic mass is 9.97.